The lowest BCUT2D eigenvalue weighted by molar-refractivity contribution is 0.443. The molecule has 1 rings (SSSR count). The van der Waals surface area contributed by atoms with Crippen LogP contribution in [0.15, 0.2) is 6.20 Å². The van der Waals surface area contributed by atoms with Crippen molar-refractivity contribution in [3.63, 3.8) is 0 Å². The maximum Gasteiger partial charge on any atom is 0.214 e. The van der Waals surface area contributed by atoms with Crippen molar-refractivity contribution in [3.8, 4) is 5.88 Å². The smallest absolute Gasteiger partial charge is 0.214 e. The van der Waals surface area contributed by atoms with Gasteiger partial charge in [0.1, 0.15) is 0 Å². The SMILES string of the molecule is CCCCc1cnc(O)c(CCC)c1CC. The molecule has 0 amide bonds. The lowest BCUT2D eigenvalue weighted by atomic mass is 9.95. The predicted molar refractivity (Wildman–Crippen MR) is 67.9 cm³/mol. The molecular formula is C14H23NO. The van der Waals surface area contributed by atoms with Gasteiger partial charge in [0.15, 0.2) is 0 Å². The van der Waals surface area contributed by atoms with Gasteiger partial charge in [-0.2, -0.15) is 0 Å². The Kier molecular flexibility index (Phi) is 5.30. The number of aromatic hydroxyl groups is 1. The van der Waals surface area contributed by atoms with E-state index in [0.717, 1.165) is 31.2 Å². The van der Waals surface area contributed by atoms with Crippen molar-refractivity contribution in [2.75, 3.05) is 0 Å². The average Bonchev–Trinajstić information content (AvgIpc) is 2.30. The van der Waals surface area contributed by atoms with E-state index in [0.29, 0.717) is 0 Å². The Balaban J connectivity index is 3.04. The van der Waals surface area contributed by atoms with E-state index in [9.17, 15) is 5.11 Å². The lowest BCUT2D eigenvalue weighted by Gasteiger charge is -2.13. The van der Waals surface area contributed by atoms with E-state index in [-0.39, 0.29) is 5.88 Å². The first-order valence-corrected chi connectivity index (χ1v) is 6.43. The van der Waals surface area contributed by atoms with Crippen molar-refractivity contribution >= 4 is 0 Å². The van der Waals surface area contributed by atoms with E-state index < -0.39 is 0 Å². The molecule has 90 valence electrons. The summed E-state index contributed by atoms with van der Waals surface area (Å²) in [6.45, 7) is 6.49. The Morgan fingerprint density at radius 2 is 1.81 bits per heavy atom. The summed E-state index contributed by atoms with van der Waals surface area (Å²) >= 11 is 0. The number of rotatable bonds is 6. The Bertz CT molecular complexity index is 334. The molecule has 0 saturated carbocycles. The number of pyridine rings is 1. The van der Waals surface area contributed by atoms with E-state index in [2.05, 4.69) is 25.8 Å². The van der Waals surface area contributed by atoms with Gasteiger partial charge in [-0.05, 0) is 36.8 Å². The molecule has 16 heavy (non-hydrogen) atoms. The van der Waals surface area contributed by atoms with E-state index in [1.54, 1.807) is 0 Å². The highest BCUT2D eigenvalue weighted by molar-refractivity contribution is 5.39. The van der Waals surface area contributed by atoms with Crippen molar-refractivity contribution in [1.82, 2.24) is 4.98 Å². The minimum Gasteiger partial charge on any atom is -0.493 e. The molecule has 2 heteroatoms. The standard InChI is InChI=1S/C14H23NO/c1-4-7-9-11-10-15-14(16)13(8-5-2)12(11)6-3/h10H,4-9H2,1-3H3,(H,15,16). The van der Waals surface area contributed by atoms with Crippen molar-refractivity contribution in [2.24, 2.45) is 0 Å². The molecule has 0 saturated heterocycles. The second-order valence-electron chi connectivity index (χ2n) is 4.27. The molecule has 1 aromatic rings. The molecule has 0 aromatic carbocycles. The highest BCUT2D eigenvalue weighted by atomic mass is 16.3. The van der Waals surface area contributed by atoms with Gasteiger partial charge in [-0.1, -0.05) is 33.6 Å². The van der Waals surface area contributed by atoms with Crippen LogP contribution in [-0.4, -0.2) is 10.1 Å². The maximum absolute atomic E-state index is 9.79. The summed E-state index contributed by atoms with van der Waals surface area (Å²) in [5.41, 5.74) is 3.71. The van der Waals surface area contributed by atoms with Gasteiger partial charge in [0.2, 0.25) is 5.88 Å². The van der Waals surface area contributed by atoms with Crippen LogP contribution in [0.4, 0.5) is 0 Å². The van der Waals surface area contributed by atoms with Gasteiger partial charge >= 0.3 is 0 Å². The quantitative estimate of drug-likeness (QED) is 0.795. The Morgan fingerprint density at radius 1 is 1.06 bits per heavy atom. The Morgan fingerprint density at radius 3 is 2.38 bits per heavy atom. The third-order valence-corrected chi connectivity index (χ3v) is 3.02. The summed E-state index contributed by atoms with van der Waals surface area (Å²) in [6, 6.07) is 0. The van der Waals surface area contributed by atoms with Crippen LogP contribution in [0, 0.1) is 0 Å². The number of aromatic nitrogens is 1. The van der Waals surface area contributed by atoms with Gasteiger partial charge in [-0.15, -0.1) is 0 Å². The van der Waals surface area contributed by atoms with Crippen LogP contribution in [-0.2, 0) is 19.3 Å². The molecular weight excluding hydrogens is 198 g/mol. The van der Waals surface area contributed by atoms with E-state index in [4.69, 9.17) is 0 Å². The molecule has 0 aliphatic rings. The van der Waals surface area contributed by atoms with Crippen molar-refractivity contribution in [3.05, 3.63) is 22.9 Å². The van der Waals surface area contributed by atoms with Crippen LogP contribution in [0.1, 0.15) is 56.7 Å². The largest absolute Gasteiger partial charge is 0.493 e. The summed E-state index contributed by atoms with van der Waals surface area (Å²) in [4.78, 5) is 4.11. The highest BCUT2D eigenvalue weighted by Gasteiger charge is 2.11. The monoisotopic (exact) mass is 221 g/mol. The number of aryl methyl sites for hydroxylation is 1. The number of hydrogen-bond donors (Lipinski definition) is 1. The fourth-order valence-electron chi connectivity index (χ4n) is 2.16. The first-order chi connectivity index (χ1) is 7.74. The first-order valence-electron chi connectivity index (χ1n) is 6.43. The molecule has 0 spiro atoms. The maximum atomic E-state index is 9.79. The van der Waals surface area contributed by atoms with Gasteiger partial charge in [0.25, 0.3) is 0 Å². The van der Waals surface area contributed by atoms with Gasteiger partial charge < -0.3 is 5.11 Å². The Hall–Kier alpha value is -1.05. The second kappa shape index (κ2) is 6.51. The van der Waals surface area contributed by atoms with Crippen molar-refractivity contribution < 1.29 is 5.11 Å². The van der Waals surface area contributed by atoms with Gasteiger partial charge in [0.05, 0.1) is 0 Å². The minimum absolute atomic E-state index is 0.235. The summed E-state index contributed by atoms with van der Waals surface area (Å²) in [5, 5.41) is 9.79. The van der Waals surface area contributed by atoms with E-state index in [1.807, 2.05) is 6.20 Å². The fourth-order valence-corrected chi connectivity index (χ4v) is 2.16. The van der Waals surface area contributed by atoms with Gasteiger partial charge in [-0.25, -0.2) is 4.98 Å². The summed E-state index contributed by atoms with van der Waals surface area (Å²) in [6.07, 6.45) is 8.32. The average molecular weight is 221 g/mol. The Labute approximate surface area is 98.7 Å². The molecule has 1 heterocycles. The topological polar surface area (TPSA) is 33.1 Å². The van der Waals surface area contributed by atoms with Crippen LogP contribution in [0.2, 0.25) is 0 Å². The predicted octanol–water partition coefficient (Wildman–Crippen LogP) is 3.64. The van der Waals surface area contributed by atoms with E-state index in [1.165, 1.54) is 24.0 Å². The zero-order valence-corrected chi connectivity index (χ0v) is 10.7. The molecule has 0 unspecified atom stereocenters. The molecule has 0 aliphatic carbocycles. The molecule has 0 bridgehead atoms. The number of unbranched alkanes of at least 4 members (excludes halogenated alkanes) is 1. The molecule has 0 fully saturated rings. The summed E-state index contributed by atoms with van der Waals surface area (Å²) in [5.74, 6) is 0.235. The van der Waals surface area contributed by atoms with Gasteiger partial charge in [0, 0.05) is 11.8 Å². The van der Waals surface area contributed by atoms with Crippen LogP contribution < -0.4 is 0 Å². The first kappa shape index (κ1) is 13.0. The van der Waals surface area contributed by atoms with Crippen molar-refractivity contribution in [1.29, 1.82) is 0 Å². The third kappa shape index (κ3) is 2.97. The van der Waals surface area contributed by atoms with Gasteiger partial charge in [-0.3, -0.25) is 0 Å². The molecule has 1 aromatic heterocycles. The molecule has 0 radical (unpaired) electrons. The second-order valence-corrected chi connectivity index (χ2v) is 4.27. The molecule has 0 aliphatic heterocycles. The van der Waals surface area contributed by atoms with Crippen LogP contribution in [0.25, 0.3) is 0 Å². The zero-order chi connectivity index (χ0) is 12.0. The fraction of sp³-hybridized carbons (Fsp3) is 0.643. The molecule has 2 nitrogen and oxygen atoms in total. The molecule has 1 N–H and O–H groups in total. The number of hydrogen-bond acceptors (Lipinski definition) is 2. The lowest BCUT2D eigenvalue weighted by Crippen LogP contribution is -2.02. The third-order valence-electron chi connectivity index (χ3n) is 3.02. The molecule has 0 atom stereocenters. The zero-order valence-electron chi connectivity index (χ0n) is 10.7. The van der Waals surface area contributed by atoms with Crippen LogP contribution >= 0.6 is 0 Å². The number of nitrogens with zero attached hydrogens (tertiary/aromatic N) is 1. The van der Waals surface area contributed by atoms with Crippen LogP contribution in [0.5, 0.6) is 5.88 Å². The normalized spacial score (nSPS) is 10.7. The minimum atomic E-state index is 0.235. The van der Waals surface area contributed by atoms with E-state index >= 15 is 0 Å². The summed E-state index contributed by atoms with van der Waals surface area (Å²) in [7, 11) is 0. The summed E-state index contributed by atoms with van der Waals surface area (Å²) < 4.78 is 0. The van der Waals surface area contributed by atoms with Crippen molar-refractivity contribution in [2.45, 2.75) is 59.3 Å². The highest BCUT2D eigenvalue weighted by Crippen LogP contribution is 2.25. The van der Waals surface area contributed by atoms with Crippen LogP contribution in [0.3, 0.4) is 0 Å².